The van der Waals surface area contributed by atoms with Crippen molar-refractivity contribution in [2.75, 3.05) is 43.5 Å². The van der Waals surface area contributed by atoms with E-state index in [1.807, 2.05) is 42.5 Å². The number of piperidine rings is 1. The Bertz CT molecular complexity index is 1210. The minimum absolute atomic E-state index is 0.148. The Hall–Kier alpha value is -3.43. The number of nitrogens with one attached hydrogen (secondary N) is 3. The Balaban J connectivity index is 1.11. The average molecular weight is 533 g/mol. The first-order valence-electron chi connectivity index (χ1n) is 14.3. The first kappa shape index (κ1) is 27.1. The summed E-state index contributed by atoms with van der Waals surface area (Å²) in [5, 5.41) is 19.6. The predicted molar refractivity (Wildman–Crippen MR) is 155 cm³/mol. The van der Waals surface area contributed by atoms with Gasteiger partial charge in [-0.15, -0.1) is 0 Å². The zero-order valence-electron chi connectivity index (χ0n) is 22.6. The molecule has 9 heteroatoms. The van der Waals surface area contributed by atoms with Crippen molar-refractivity contribution < 1.29 is 14.6 Å². The molecule has 4 N–H and O–H groups in total. The third-order valence-corrected chi connectivity index (χ3v) is 7.81. The summed E-state index contributed by atoms with van der Waals surface area (Å²) in [5.41, 5.74) is 2.43. The number of nitrogens with zero attached hydrogens (tertiary/aromatic N) is 3. The fraction of sp³-hybridized carbons (Fsp3) is 0.500. The van der Waals surface area contributed by atoms with Crippen LogP contribution in [0.15, 0.2) is 48.8 Å². The highest BCUT2D eigenvalue weighted by Crippen LogP contribution is 2.27. The van der Waals surface area contributed by atoms with E-state index in [9.17, 15) is 9.90 Å². The van der Waals surface area contributed by atoms with Gasteiger partial charge >= 0.3 is 6.03 Å². The number of rotatable bonds is 10. The zero-order valence-corrected chi connectivity index (χ0v) is 22.6. The summed E-state index contributed by atoms with van der Waals surface area (Å²) in [5.74, 6) is 1.98. The van der Waals surface area contributed by atoms with Gasteiger partial charge in [-0.1, -0.05) is 19.3 Å². The number of carbonyl (C=O) groups excluding carboxylic acids is 1. The number of aliphatic hydroxyl groups excluding tert-OH is 1. The van der Waals surface area contributed by atoms with Crippen LogP contribution in [0.5, 0.6) is 5.75 Å². The number of benzene rings is 2. The molecule has 1 aromatic heterocycles. The number of anilines is 3. The quantitative estimate of drug-likeness (QED) is 0.262. The number of urea groups is 1. The standard InChI is InChI=1S/C30H40N6O3/c37-20-22-13-16-36(17-14-22)15-4-18-39-26-11-12-27-28(19-26)31-21-32-29(27)33-24-7-9-25(10-8-24)35-30(38)34-23-5-2-1-3-6-23/h7-12,19,21-23,37H,1-6,13-18,20H2,(H,31,32,33)(H2,34,35,38). The van der Waals surface area contributed by atoms with E-state index < -0.39 is 0 Å². The minimum Gasteiger partial charge on any atom is -0.493 e. The second-order valence-electron chi connectivity index (χ2n) is 10.7. The van der Waals surface area contributed by atoms with Gasteiger partial charge in [-0.05, 0) is 87.5 Å². The summed E-state index contributed by atoms with van der Waals surface area (Å²) in [6.07, 6.45) is 10.4. The number of aliphatic hydroxyl groups is 1. The molecule has 3 aromatic rings. The fourth-order valence-electron chi connectivity index (χ4n) is 5.47. The summed E-state index contributed by atoms with van der Waals surface area (Å²) in [7, 11) is 0. The molecule has 5 rings (SSSR count). The number of carbonyl (C=O) groups is 1. The third kappa shape index (κ3) is 7.80. The molecule has 2 aromatic carbocycles. The summed E-state index contributed by atoms with van der Waals surface area (Å²) in [6, 6.07) is 13.6. The van der Waals surface area contributed by atoms with Crippen molar-refractivity contribution >= 4 is 34.1 Å². The zero-order chi connectivity index (χ0) is 26.9. The number of ether oxygens (including phenoxy) is 1. The van der Waals surface area contributed by atoms with Gasteiger partial charge < -0.3 is 30.7 Å². The number of likely N-dealkylation sites (tertiary alicyclic amines) is 1. The lowest BCUT2D eigenvalue weighted by Crippen LogP contribution is -2.38. The number of hydrogen-bond donors (Lipinski definition) is 4. The van der Waals surface area contributed by atoms with Crippen LogP contribution in [0, 0.1) is 5.92 Å². The van der Waals surface area contributed by atoms with E-state index in [1.54, 1.807) is 6.33 Å². The Morgan fingerprint density at radius 3 is 2.51 bits per heavy atom. The molecular formula is C30H40N6O3. The monoisotopic (exact) mass is 532 g/mol. The van der Waals surface area contributed by atoms with Gasteiger partial charge in [0.2, 0.25) is 0 Å². The van der Waals surface area contributed by atoms with Crippen LogP contribution in [0.3, 0.4) is 0 Å². The van der Waals surface area contributed by atoms with E-state index >= 15 is 0 Å². The molecule has 2 amide bonds. The molecule has 1 saturated carbocycles. The van der Waals surface area contributed by atoms with Crippen molar-refractivity contribution in [3.63, 3.8) is 0 Å². The van der Waals surface area contributed by atoms with Gasteiger partial charge in [0, 0.05) is 42.0 Å². The summed E-state index contributed by atoms with van der Waals surface area (Å²) < 4.78 is 6.01. The van der Waals surface area contributed by atoms with Crippen LogP contribution in [0.25, 0.3) is 10.9 Å². The maximum Gasteiger partial charge on any atom is 0.319 e. The normalized spacial score (nSPS) is 17.2. The molecule has 0 radical (unpaired) electrons. The van der Waals surface area contributed by atoms with E-state index in [2.05, 4.69) is 30.8 Å². The number of hydrogen-bond acceptors (Lipinski definition) is 7. The lowest BCUT2D eigenvalue weighted by Gasteiger charge is -2.30. The van der Waals surface area contributed by atoms with Gasteiger partial charge in [-0.25, -0.2) is 14.8 Å². The molecule has 9 nitrogen and oxygen atoms in total. The van der Waals surface area contributed by atoms with E-state index in [1.165, 1.54) is 19.3 Å². The molecule has 1 aliphatic heterocycles. The van der Waals surface area contributed by atoms with E-state index in [-0.39, 0.29) is 12.1 Å². The molecule has 39 heavy (non-hydrogen) atoms. The molecular weight excluding hydrogens is 492 g/mol. The van der Waals surface area contributed by atoms with Crippen molar-refractivity contribution in [3.05, 3.63) is 48.8 Å². The molecule has 0 spiro atoms. The fourth-order valence-corrected chi connectivity index (χ4v) is 5.47. The van der Waals surface area contributed by atoms with Gasteiger partial charge in [0.1, 0.15) is 17.9 Å². The SMILES string of the molecule is O=C(Nc1ccc(Nc2ncnc3cc(OCCCN4CCC(CO)CC4)ccc23)cc1)NC1CCCCC1. The number of aromatic nitrogens is 2. The smallest absolute Gasteiger partial charge is 0.319 e. The van der Waals surface area contributed by atoms with Gasteiger partial charge in [-0.3, -0.25) is 0 Å². The first-order chi connectivity index (χ1) is 19.2. The Kier molecular flexibility index (Phi) is 9.45. The molecule has 0 bridgehead atoms. The predicted octanol–water partition coefficient (Wildman–Crippen LogP) is 5.30. The van der Waals surface area contributed by atoms with Crippen LogP contribution >= 0.6 is 0 Å². The van der Waals surface area contributed by atoms with Crippen LogP contribution in [0.1, 0.15) is 51.4 Å². The molecule has 0 unspecified atom stereocenters. The molecule has 2 fully saturated rings. The van der Waals surface area contributed by atoms with E-state index in [4.69, 9.17) is 4.74 Å². The second-order valence-corrected chi connectivity index (χ2v) is 10.7. The summed E-state index contributed by atoms with van der Waals surface area (Å²) in [6.45, 7) is 4.10. The van der Waals surface area contributed by atoms with Crippen LogP contribution in [-0.4, -0.2) is 64.9 Å². The topological polar surface area (TPSA) is 112 Å². The highest BCUT2D eigenvalue weighted by molar-refractivity contribution is 5.92. The average Bonchev–Trinajstić information content (AvgIpc) is 2.97. The van der Waals surface area contributed by atoms with Crippen molar-refractivity contribution in [3.8, 4) is 5.75 Å². The molecule has 208 valence electrons. The van der Waals surface area contributed by atoms with Gasteiger partial charge in [-0.2, -0.15) is 0 Å². The lowest BCUT2D eigenvalue weighted by atomic mass is 9.96. The highest BCUT2D eigenvalue weighted by atomic mass is 16.5. The second kappa shape index (κ2) is 13.6. The van der Waals surface area contributed by atoms with Gasteiger partial charge in [0.25, 0.3) is 0 Å². The van der Waals surface area contributed by atoms with E-state index in [0.29, 0.717) is 24.9 Å². The molecule has 1 saturated heterocycles. The van der Waals surface area contributed by atoms with Crippen molar-refractivity contribution in [1.29, 1.82) is 0 Å². The van der Waals surface area contributed by atoms with E-state index in [0.717, 1.165) is 79.8 Å². The molecule has 2 aliphatic rings. The van der Waals surface area contributed by atoms with Crippen LogP contribution in [-0.2, 0) is 0 Å². The molecule has 0 atom stereocenters. The largest absolute Gasteiger partial charge is 0.493 e. The van der Waals surface area contributed by atoms with Gasteiger partial charge in [0.15, 0.2) is 0 Å². The summed E-state index contributed by atoms with van der Waals surface area (Å²) in [4.78, 5) is 23.7. The van der Waals surface area contributed by atoms with Gasteiger partial charge in [0.05, 0.1) is 12.1 Å². The third-order valence-electron chi connectivity index (χ3n) is 7.81. The molecule has 1 aliphatic carbocycles. The number of fused-ring (bicyclic) bond motifs is 1. The Morgan fingerprint density at radius 2 is 1.74 bits per heavy atom. The first-order valence-corrected chi connectivity index (χ1v) is 14.3. The lowest BCUT2D eigenvalue weighted by molar-refractivity contribution is 0.126. The van der Waals surface area contributed by atoms with Crippen molar-refractivity contribution in [2.24, 2.45) is 5.92 Å². The highest BCUT2D eigenvalue weighted by Gasteiger charge is 2.18. The molecule has 2 heterocycles. The van der Waals surface area contributed by atoms with Crippen molar-refractivity contribution in [1.82, 2.24) is 20.2 Å². The van der Waals surface area contributed by atoms with Crippen molar-refractivity contribution in [2.45, 2.75) is 57.4 Å². The van der Waals surface area contributed by atoms with Crippen LogP contribution < -0.4 is 20.7 Å². The Labute approximate surface area is 230 Å². The number of amides is 2. The van der Waals surface area contributed by atoms with Crippen LogP contribution in [0.2, 0.25) is 0 Å². The summed E-state index contributed by atoms with van der Waals surface area (Å²) >= 11 is 0. The minimum atomic E-state index is -0.148. The van der Waals surface area contributed by atoms with Crippen LogP contribution in [0.4, 0.5) is 22.0 Å². The Morgan fingerprint density at radius 1 is 0.974 bits per heavy atom. The maximum absolute atomic E-state index is 12.3. The maximum atomic E-state index is 12.3.